The van der Waals surface area contributed by atoms with E-state index in [1.807, 2.05) is 30.3 Å². The average Bonchev–Trinajstić information content (AvgIpc) is 3.48. The first kappa shape index (κ1) is 22.3. The zero-order valence-corrected chi connectivity index (χ0v) is 19.2. The van der Waals surface area contributed by atoms with Gasteiger partial charge < -0.3 is 19.5 Å². The highest BCUT2D eigenvalue weighted by Gasteiger charge is 2.28. The highest BCUT2D eigenvalue weighted by atomic mass is 19.1. The lowest BCUT2D eigenvalue weighted by Gasteiger charge is -2.25. The van der Waals surface area contributed by atoms with Crippen molar-refractivity contribution in [3.63, 3.8) is 0 Å². The molecule has 1 atom stereocenters. The molecular weight excluding hydrogens is 435 g/mol. The van der Waals surface area contributed by atoms with E-state index in [9.17, 15) is 9.50 Å². The summed E-state index contributed by atoms with van der Waals surface area (Å²) in [5.74, 6) is 1.11. The molecular formula is C26H27FN4O3. The van der Waals surface area contributed by atoms with Crippen LogP contribution in [-0.2, 0) is 11.3 Å². The number of methoxy groups -OCH3 is 2. The number of benzene rings is 2. The van der Waals surface area contributed by atoms with Crippen LogP contribution in [-0.4, -0.2) is 53.1 Å². The zero-order chi connectivity index (χ0) is 23.7. The molecule has 1 N–H and O–H groups in total. The molecule has 0 bridgehead atoms. The second-order valence-electron chi connectivity index (χ2n) is 8.37. The van der Waals surface area contributed by atoms with Crippen molar-refractivity contribution in [3.8, 4) is 28.1 Å². The van der Waals surface area contributed by atoms with Gasteiger partial charge in [0.1, 0.15) is 17.4 Å². The van der Waals surface area contributed by atoms with Crippen molar-refractivity contribution in [2.24, 2.45) is 0 Å². The maximum absolute atomic E-state index is 15.0. The van der Waals surface area contributed by atoms with Gasteiger partial charge in [0, 0.05) is 25.3 Å². The van der Waals surface area contributed by atoms with Crippen molar-refractivity contribution in [1.82, 2.24) is 14.6 Å². The van der Waals surface area contributed by atoms with E-state index >= 15 is 0 Å². The molecule has 2 aromatic heterocycles. The van der Waals surface area contributed by atoms with Gasteiger partial charge in [-0.05, 0) is 42.7 Å². The summed E-state index contributed by atoms with van der Waals surface area (Å²) >= 11 is 0. The van der Waals surface area contributed by atoms with Crippen LogP contribution in [0.5, 0.6) is 5.75 Å². The molecule has 0 aliphatic carbocycles. The summed E-state index contributed by atoms with van der Waals surface area (Å²) in [6.07, 6.45) is 1.85. The van der Waals surface area contributed by atoms with Crippen LogP contribution in [0.2, 0.25) is 0 Å². The van der Waals surface area contributed by atoms with Gasteiger partial charge in [-0.2, -0.15) is 5.10 Å². The molecule has 8 heteroatoms. The van der Waals surface area contributed by atoms with Crippen molar-refractivity contribution in [2.75, 3.05) is 32.3 Å². The Morgan fingerprint density at radius 3 is 2.62 bits per heavy atom. The summed E-state index contributed by atoms with van der Waals surface area (Å²) < 4.78 is 27.4. The number of ether oxygens (including phenoxy) is 2. The first-order valence-corrected chi connectivity index (χ1v) is 11.3. The molecule has 1 saturated heterocycles. The maximum atomic E-state index is 15.0. The first-order chi connectivity index (χ1) is 16.6. The Labute approximate surface area is 197 Å². The molecule has 1 unspecified atom stereocenters. The highest BCUT2D eigenvalue weighted by molar-refractivity contribution is 5.83. The molecule has 176 valence electrons. The molecule has 0 radical (unpaired) electrons. The minimum absolute atomic E-state index is 0.0192. The van der Waals surface area contributed by atoms with Crippen molar-refractivity contribution in [3.05, 3.63) is 66.1 Å². The number of halogens is 1. The monoisotopic (exact) mass is 462 g/mol. The van der Waals surface area contributed by atoms with Gasteiger partial charge in [0.25, 0.3) is 0 Å². The van der Waals surface area contributed by atoms with Crippen LogP contribution >= 0.6 is 0 Å². The van der Waals surface area contributed by atoms with E-state index in [1.165, 1.54) is 6.07 Å². The van der Waals surface area contributed by atoms with Crippen LogP contribution in [0.15, 0.2) is 54.6 Å². The Morgan fingerprint density at radius 1 is 1.12 bits per heavy atom. The van der Waals surface area contributed by atoms with Crippen LogP contribution in [0, 0.1) is 5.82 Å². The lowest BCUT2D eigenvalue weighted by atomic mass is 10.1. The van der Waals surface area contributed by atoms with Crippen LogP contribution in [0.4, 0.5) is 10.2 Å². The average molecular weight is 463 g/mol. The fraction of sp³-hybridized carbons (Fsp3) is 0.308. The van der Waals surface area contributed by atoms with Gasteiger partial charge in [0.05, 0.1) is 43.3 Å². The highest BCUT2D eigenvalue weighted by Crippen LogP contribution is 2.36. The van der Waals surface area contributed by atoms with Gasteiger partial charge in [-0.1, -0.05) is 24.3 Å². The molecule has 1 fully saturated rings. The topological polar surface area (TPSA) is 72.1 Å². The Hall–Kier alpha value is -3.49. The molecule has 0 saturated carbocycles. The van der Waals surface area contributed by atoms with Crippen molar-refractivity contribution in [2.45, 2.75) is 25.5 Å². The first-order valence-electron chi connectivity index (χ1n) is 11.3. The summed E-state index contributed by atoms with van der Waals surface area (Å²) in [5, 5.41) is 14.7. The molecule has 0 spiro atoms. The van der Waals surface area contributed by atoms with Crippen molar-refractivity contribution < 1.29 is 19.0 Å². The molecule has 1 aliphatic heterocycles. The lowest BCUT2D eigenvalue weighted by Crippen LogP contribution is -2.32. The summed E-state index contributed by atoms with van der Waals surface area (Å²) in [7, 11) is 3.25. The lowest BCUT2D eigenvalue weighted by molar-refractivity contribution is 0.181. The van der Waals surface area contributed by atoms with E-state index in [4.69, 9.17) is 19.6 Å². The number of aromatic nitrogens is 3. The minimum atomic E-state index is -0.337. The molecule has 3 heterocycles. The van der Waals surface area contributed by atoms with E-state index in [0.29, 0.717) is 28.4 Å². The van der Waals surface area contributed by atoms with Gasteiger partial charge in [-0.3, -0.25) is 0 Å². The predicted octanol–water partition coefficient (Wildman–Crippen LogP) is 4.32. The number of aliphatic hydroxyl groups is 1. The molecule has 1 aliphatic rings. The van der Waals surface area contributed by atoms with Gasteiger partial charge in [-0.15, -0.1) is 0 Å². The maximum Gasteiger partial charge on any atom is 0.166 e. The van der Waals surface area contributed by atoms with Crippen LogP contribution in [0.3, 0.4) is 0 Å². The Kier molecular flexibility index (Phi) is 6.17. The second-order valence-corrected chi connectivity index (χ2v) is 8.37. The molecule has 7 nitrogen and oxygen atoms in total. The van der Waals surface area contributed by atoms with E-state index in [2.05, 4.69) is 4.90 Å². The molecule has 2 aromatic carbocycles. The number of hydrogen-bond acceptors (Lipinski definition) is 6. The normalized spacial score (nSPS) is 15.9. The van der Waals surface area contributed by atoms with E-state index in [0.717, 1.165) is 36.3 Å². The zero-order valence-electron chi connectivity index (χ0n) is 19.2. The van der Waals surface area contributed by atoms with Crippen LogP contribution < -0.4 is 9.64 Å². The number of aliphatic hydroxyl groups excluding tert-OH is 1. The van der Waals surface area contributed by atoms with Gasteiger partial charge in [0.15, 0.2) is 5.65 Å². The number of rotatable bonds is 7. The smallest absolute Gasteiger partial charge is 0.166 e. The number of nitrogens with zero attached hydrogens (tertiary/aromatic N) is 4. The number of hydrogen-bond donors (Lipinski definition) is 1. The number of anilines is 1. The third-order valence-electron chi connectivity index (χ3n) is 6.34. The quantitative estimate of drug-likeness (QED) is 0.441. The third kappa shape index (κ3) is 3.89. The standard InChI is InChI=1S/C26H27FN4O3/c1-33-16-22-25(17-9-11-19(34-2)12-10-17)26-28-24(30-13-5-6-18(30)15-32)14-23(31(26)29-22)20-7-3-4-8-21(20)27/h3-4,7-12,14,18,32H,5-6,13,15-16H2,1-2H3. The SMILES string of the molecule is COCc1nn2c(-c3ccccc3F)cc(N3CCCC3CO)nc2c1-c1ccc(OC)cc1. The van der Waals surface area contributed by atoms with Gasteiger partial charge in [0.2, 0.25) is 0 Å². The molecule has 34 heavy (non-hydrogen) atoms. The third-order valence-corrected chi connectivity index (χ3v) is 6.34. The summed E-state index contributed by atoms with van der Waals surface area (Å²) in [6.45, 7) is 1.10. The van der Waals surface area contributed by atoms with Crippen molar-refractivity contribution in [1.29, 1.82) is 0 Å². The summed E-state index contributed by atoms with van der Waals surface area (Å²) in [6, 6.07) is 16.2. The molecule has 0 amide bonds. The van der Waals surface area contributed by atoms with Crippen LogP contribution in [0.25, 0.3) is 28.0 Å². The summed E-state index contributed by atoms with van der Waals surface area (Å²) in [5.41, 5.74) is 4.07. The Morgan fingerprint density at radius 2 is 1.91 bits per heavy atom. The molecule has 4 aromatic rings. The van der Waals surface area contributed by atoms with E-state index < -0.39 is 0 Å². The van der Waals surface area contributed by atoms with E-state index in [-0.39, 0.29) is 25.1 Å². The fourth-order valence-corrected chi connectivity index (χ4v) is 4.67. The van der Waals surface area contributed by atoms with Gasteiger partial charge in [-0.25, -0.2) is 13.9 Å². The van der Waals surface area contributed by atoms with Crippen molar-refractivity contribution >= 4 is 11.5 Å². The number of fused-ring (bicyclic) bond motifs is 1. The van der Waals surface area contributed by atoms with Gasteiger partial charge >= 0.3 is 0 Å². The molecule has 5 rings (SSSR count). The Balaban J connectivity index is 1.80. The van der Waals surface area contributed by atoms with E-state index in [1.54, 1.807) is 36.9 Å². The second kappa shape index (κ2) is 9.40. The Bertz CT molecular complexity index is 1310. The fourth-order valence-electron chi connectivity index (χ4n) is 4.67. The van der Waals surface area contributed by atoms with Crippen LogP contribution in [0.1, 0.15) is 18.5 Å². The largest absolute Gasteiger partial charge is 0.497 e. The predicted molar refractivity (Wildman–Crippen MR) is 129 cm³/mol. The summed E-state index contributed by atoms with van der Waals surface area (Å²) in [4.78, 5) is 7.10. The minimum Gasteiger partial charge on any atom is -0.497 e.